The maximum Gasteiger partial charge on any atom is 0.0531 e. The lowest BCUT2D eigenvalue weighted by atomic mass is 9.70. The third-order valence-corrected chi connectivity index (χ3v) is 4.73. The van der Waals surface area contributed by atoms with Crippen molar-refractivity contribution in [3.05, 3.63) is 0 Å². The predicted octanol–water partition coefficient (Wildman–Crippen LogP) is 1.78. The van der Waals surface area contributed by atoms with Crippen LogP contribution < -0.4 is 10.6 Å². The summed E-state index contributed by atoms with van der Waals surface area (Å²) < 4.78 is 5.44. The SMILES string of the molecule is COCC1(CNCC2(C)CCC2)CCNCC1. The average Bonchev–Trinajstić information content (AvgIpc) is 2.28. The van der Waals surface area contributed by atoms with Crippen molar-refractivity contribution >= 4 is 0 Å². The fraction of sp³-hybridized carbons (Fsp3) is 1.00. The molecule has 2 N–H and O–H groups in total. The molecule has 0 bridgehead atoms. The van der Waals surface area contributed by atoms with Crippen LogP contribution in [-0.4, -0.2) is 39.9 Å². The molecule has 0 aromatic rings. The first-order chi connectivity index (χ1) is 8.18. The molecule has 0 unspecified atom stereocenters. The van der Waals surface area contributed by atoms with Crippen molar-refractivity contribution in [2.45, 2.75) is 39.0 Å². The smallest absolute Gasteiger partial charge is 0.0531 e. The van der Waals surface area contributed by atoms with Gasteiger partial charge in [-0.25, -0.2) is 0 Å². The van der Waals surface area contributed by atoms with Crippen LogP contribution in [0.5, 0.6) is 0 Å². The van der Waals surface area contributed by atoms with E-state index >= 15 is 0 Å². The van der Waals surface area contributed by atoms with Crippen LogP contribution in [0.15, 0.2) is 0 Å². The van der Waals surface area contributed by atoms with Gasteiger partial charge in [-0.2, -0.15) is 0 Å². The first kappa shape index (κ1) is 13.3. The molecule has 2 fully saturated rings. The van der Waals surface area contributed by atoms with E-state index in [1.807, 2.05) is 7.11 Å². The Balaban J connectivity index is 1.76. The standard InChI is InChI=1S/C14H28N2O/c1-13(4-3-5-13)10-16-11-14(12-17-2)6-8-15-9-7-14/h15-16H,3-12H2,1-2H3. The first-order valence-electron chi connectivity index (χ1n) is 7.09. The molecule has 100 valence electrons. The molecule has 2 rings (SSSR count). The van der Waals surface area contributed by atoms with Crippen LogP contribution in [0.3, 0.4) is 0 Å². The maximum atomic E-state index is 5.44. The number of hydrogen-bond donors (Lipinski definition) is 2. The minimum absolute atomic E-state index is 0.375. The van der Waals surface area contributed by atoms with Crippen LogP contribution in [0.4, 0.5) is 0 Å². The van der Waals surface area contributed by atoms with E-state index in [-0.39, 0.29) is 0 Å². The summed E-state index contributed by atoms with van der Waals surface area (Å²) in [7, 11) is 1.83. The van der Waals surface area contributed by atoms with E-state index < -0.39 is 0 Å². The molecule has 2 aliphatic rings. The Labute approximate surface area is 106 Å². The molecule has 1 aliphatic carbocycles. The Kier molecular flexibility index (Phi) is 4.45. The summed E-state index contributed by atoms with van der Waals surface area (Å²) in [5.41, 5.74) is 0.960. The van der Waals surface area contributed by atoms with Crippen LogP contribution in [0, 0.1) is 10.8 Å². The lowest BCUT2D eigenvalue weighted by molar-refractivity contribution is 0.0481. The second-order valence-corrected chi connectivity index (χ2v) is 6.45. The molecule has 0 aromatic heterocycles. The number of piperidine rings is 1. The van der Waals surface area contributed by atoms with Crippen LogP contribution in [-0.2, 0) is 4.74 Å². The van der Waals surface area contributed by atoms with Crippen molar-refractivity contribution in [2.24, 2.45) is 10.8 Å². The molecule has 1 heterocycles. The lowest BCUT2D eigenvalue weighted by Crippen LogP contribution is -2.48. The van der Waals surface area contributed by atoms with Gasteiger partial charge in [0.1, 0.15) is 0 Å². The van der Waals surface area contributed by atoms with Crippen molar-refractivity contribution in [2.75, 3.05) is 39.9 Å². The third-order valence-electron chi connectivity index (χ3n) is 4.73. The normalized spacial score (nSPS) is 26.5. The molecule has 1 saturated heterocycles. The summed E-state index contributed by atoms with van der Waals surface area (Å²) in [5.74, 6) is 0. The Morgan fingerprint density at radius 1 is 1.12 bits per heavy atom. The zero-order valence-corrected chi connectivity index (χ0v) is 11.5. The molecule has 17 heavy (non-hydrogen) atoms. The topological polar surface area (TPSA) is 33.3 Å². The number of nitrogens with one attached hydrogen (secondary N) is 2. The molecule has 1 aliphatic heterocycles. The van der Waals surface area contributed by atoms with E-state index in [9.17, 15) is 0 Å². The van der Waals surface area contributed by atoms with Gasteiger partial charge in [0, 0.05) is 25.6 Å². The largest absolute Gasteiger partial charge is 0.384 e. The number of ether oxygens (including phenoxy) is 1. The summed E-state index contributed by atoms with van der Waals surface area (Å²) in [6.07, 6.45) is 6.71. The highest BCUT2D eigenvalue weighted by atomic mass is 16.5. The Hall–Kier alpha value is -0.120. The number of methoxy groups -OCH3 is 1. The van der Waals surface area contributed by atoms with E-state index in [0.29, 0.717) is 10.8 Å². The van der Waals surface area contributed by atoms with E-state index in [1.54, 1.807) is 0 Å². The van der Waals surface area contributed by atoms with E-state index in [2.05, 4.69) is 17.6 Å². The van der Waals surface area contributed by atoms with Gasteiger partial charge in [-0.05, 0) is 44.2 Å². The zero-order valence-electron chi connectivity index (χ0n) is 11.5. The quantitative estimate of drug-likeness (QED) is 0.742. The minimum atomic E-state index is 0.375. The van der Waals surface area contributed by atoms with Gasteiger partial charge in [0.05, 0.1) is 6.61 Å². The highest BCUT2D eigenvalue weighted by Gasteiger charge is 2.34. The summed E-state index contributed by atoms with van der Waals surface area (Å²) >= 11 is 0. The summed E-state index contributed by atoms with van der Waals surface area (Å²) in [6, 6.07) is 0. The average molecular weight is 240 g/mol. The molecule has 0 aromatic carbocycles. The second kappa shape index (κ2) is 5.68. The fourth-order valence-corrected chi connectivity index (χ4v) is 3.22. The van der Waals surface area contributed by atoms with Gasteiger partial charge >= 0.3 is 0 Å². The molecule has 3 nitrogen and oxygen atoms in total. The molecule has 3 heteroatoms. The minimum Gasteiger partial charge on any atom is -0.384 e. The van der Waals surface area contributed by atoms with Gasteiger partial charge in [0.2, 0.25) is 0 Å². The van der Waals surface area contributed by atoms with Crippen molar-refractivity contribution in [1.82, 2.24) is 10.6 Å². The van der Waals surface area contributed by atoms with Crippen molar-refractivity contribution in [3.8, 4) is 0 Å². The summed E-state index contributed by atoms with van der Waals surface area (Å²) in [4.78, 5) is 0. The van der Waals surface area contributed by atoms with E-state index in [1.165, 1.54) is 38.6 Å². The number of hydrogen-bond acceptors (Lipinski definition) is 3. The van der Waals surface area contributed by atoms with Crippen LogP contribution in [0.2, 0.25) is 0 Å². The van der Waals surface area contributed by atoms with Gasteiger partial charge in [-0.1, -0.05) is 13.3 Å². The third kappa shape index (κ3) is 3.43. The predicted molar refractivity (Wildman–Crippen MR) is 71.2 cm³/mol. The van der Waals surface area contributed by atoms with Crippen molar-refractivity contribution < 1.29 is 4.74 Å². The molecule has 0 amide bonds. The van der Waals surface area contributed by atoms with E-state index in [4.69, 9.17) is 4.74 Å². The fourth-order valence-electron chi connectivity index (χ4n) is 3.22. The highest BCUT2D eigenvalue weighted by molar-refractivity contribution is 4.90. The van der Waals surface area contributed by atoms with E-state index in [0.717, 1.165) is 26.2 Å². The molecular formula is C14H28N2O. The van der Waals surface area contributed by atoms with Gasteiger partial charge < -0.3 is 15.4 Å². The zero-order chi connectivity index (χ0) is 12.2. The maximum absolute atomic E-state index is 5.44. The van der Waals surface area contributed by atoms with Crippen molar-refractivity contribution in [3.63, 3.8) is 0 Å². The molecular weight excluding hydrogens is 212 g/mol. The van der Waals surface area contributed by atoms with Gasteiger partial charge in [-0.15, -0.1) is 0 Å². The van der Waals surface area contributed by atoms with Gasteiger partial charge in [0.25, 0.3) is 0 Å². The van der Waals surface area contributed by atoms with Gasteiger partial charge in [0.15, 0.2) is 0 Å². The molecule has 0 radical (unpaired) electrons. The van der Waals surface area contributed by atoms with Crippen LogP contribution in [0.25, 0.3) is 0 Å². The Morgan fingerprint density at radius 2 is 1.82 bits per heavy atom. The number of rotatable bonds is 6. The van der Waals surface area contributed by atoms with Gasteiger partial charge in [-0.3, -0.25) is 0 Å². The van der Waals surface area contributed by atoms with Crippen LogP contribution in [0.1, 0.15) is 39.0 Å². The molecule has 1 saturated carbocycles. The summed E-state index contributed by atoms with van der Waals surface area (Å²) in [5, 5.41) is 7.16. The molecule has 0 spiro atoms. The van der Waals surface area contributed by atoms with Crippen LogP contribution >= 0.6 is 0 Å². The van der Waals surface area contributed by atoms with Crippen molar-refractivity contribution in [1.29, 1.82) is 0 Å². The summed E-state index contributed by atoms with van der Waals surface area (Å²) in [6.45, 7) is 7.90. The second-order valence-electron chi connectivity index (χ2n) is 6.45. The Bertz CT molecular complexity index is 227. The first-order valence-corrected chi connectivity index (χ1v) is 7.09. The monoisotopic (exact) mass is 240 g/mol. The highest BCUT2D eigenvalue weighted by Crippen LogP contribution is 2.39. The Morgan fingerprint density at radius 3 is 2.35 bits per heavy atom. The molecule has 0 atom stereocenters. The lowest BCUT2D eigenvalue weighted by Gasteiger charge is -2.41.